The number of halogens is 1. The molecule has 1 amide bonds. The summed E-state index contributed by atoms with van der Waals surface area (Å²) in [5.74, 6) is -2.51. The van der Waals surface area contributed by atoms with Crippen molar-refractivity contribution < 1.29 is 19.1 Å². The van der Waals surface area contributed by atoms with Gasteiger partial charge in [-0.05, 0) is 38.0 Å². The van der Waals surface area contributed by atoms with Crippen LogP contribution in [-0.2, 0) is 16.0 Å². The van der Waals surface area contributed by atoms with Crippen molar-refractivity contribution in [2.24, 2.45) is 11.8 Å². The van der Waals surface area contributed by atoms with Gasteiger partial charge < -0.3 is 10.4 Å². The summed E-state index contributed by atoms with van der Waals surface area (Å²) in [6.07, 6.45) is 0.414. The number of benzene rings is 1. The zero-order valence-electron chi connectivity index (χ0n) is 11.9. The van der Waals surface area contributed by atoms with Gasteiger partial charge in [0.15, 0.2) is 0 Å². The number of carbonyl (C=O) groups is 2. The van der Waals surface area contributed by atoms with Crippen LogP contribution in [0.5, 0.6) is 0 Å². The van der Waals surface area contributed by atoms with Gasteiger partial charge in [-0.1, -0.05) is 19.1 Å². The van der Waals surface area contributed by atoms with Crippen molar-refractivity contribution in [3.63, 3.8) is 0 Å². The third-order valence-electron chi connectivity index (χ3n) is 3.39. The van der Waals surface area contributed by atoms with Crippen LogP contribution in [0.4, 0.5) is 4.39 Å². The van der Waals surface area contributed by atoms with E-state index in [0.29, 0.717) is 6.42 Å². The molecular weight excluding hydrogens is 261 g/mol. The fraction of sp³-hybridized carbons (Fsp3) is 0.467. The molecule has 0 heterocycles. The lowest BCUT2D eigenvalue weighted by Gasteiger charge is -2.20. The summed E-state index contributed by atoms with van der Waals surface area (Å²) < 4.78 is 13.1. The Morgan fingerprint density at radius 1 is 1.30 bits per heavy atom. The van der Waals surface area contributed by atoms with Crippen LogP contribution in [0.3, 0.4) is 0 Å². The maximum atomic E-state index is 13.1. The summed E-state index contributed by atoms with van der Waals surface area (Å²) in [5.41, 5.74) is 0.742. The molecule has 1 rings (SSSR count). The van der Waals surface area contributed by atoms with Crippen LogP contribution in [0.25, 0.3) is 0 Å². The topological polar surface area (TPSA) is 66.4 Å². The minimum atomic E-state index is -0.949. The Bertz CT molecular complexity index is 490. The highest BCUT2D eigenvalue weighted by molar-refractivity contribution is 5.80. The second-order valence-corrected chi connectivity index (χ2v) is 5.16. The van der Waals surface area contributed by atoms with Gasteiger partial charge in [-0.2, -0.15) is 0 Å². The van der Waals surface area contributed by atoms with Crippen LogP contribution < -0.4 is 5.32 Å². The fourth-order valence-electron chi connectivity index (χ4n) is 1.82. The van der Waals surface area contributed by atoms with E-state index in [2.05, 4.69) is 5.32 Å². The van der Waals surface area contributed by atoms with Crippen molar-refractivity contribution in [1.82, 2.24) is 5.32 Å². The number of amides is 1. The molecule has 2 N–H and O–H groups in total. The molecule has 0 saturated heterocycles. The van der Waals surface area contributed by atoms with E-state index in [1.54, 1.807) is 32.9 Å². The summed E-state index contributed by atoms with van der Waals surface area (Å²) in [7, 11) is 0. The number of hydrogen-bond donors (Lipinski definition) is 2. The first-order valence-corrected chi connectivity index (χ1v) is 6.59. The predicted molar refractivity (Wildman–Crippen MR) is 73.7 cm³/mol. The first-order chi connectivity index (χ1) is 9.31. The molecule has 4 nitrogen and oxygen atoms in total. The standard InChI is InChI=1S/C15H20FNO3/c1-9(7-12-5-4-6-13(16)8-12)14(18)17-11(3)10(2)15(19)20/h4-6,8-11H,7H2,1-3H3,(H,17,18)(H,19,20). The third-order valence-corrected chi connectivity index (χ3v) is 3.39. The molecular formula is C15H20FNO3. The van der Waals surface area contributed by atoms with Crippen LogP contribution in [0.1, 0.15) is 26.3 Å². The molecule has 0 aromatic heterocycles. The number of carboxylic acids is 1. The van der Waals surface area contributed by atoms with Crippen molar-refractivity contribution in [2.45, 2.75) is 33.2 Å². The van der Waals surface area contributed by atoms with Gasteiger partial charge in [0.2, 0.25) is 5.91 Å². The summed E-state index contributed by atoms with van der Waals surface area (Å²) >= 11 is 0. The quantitative estimate of drug-likeness (QED) is 0.840. The molecule has 110 valence electrons. The molecule has 0 aliphatic heterocycles. The molecule has 0 saturated carbocycles. The molecule has 5 heteroatoms. The predicted octanol–water partition coefficient (Wildman–Crippen LogP) is 2.23. The van der Waals surface area contributed by atoms with Crippen LogP contribution in [0.2, 0.25) is 0 Å². The Labute approximate surface area is 118 Å². The Hall–Kier alpha value is -1.91. The van der Waals surface area contributed by atoms with E-state index in [9.17, 15) is 14.0 Å². The maximum Gasteiger partial charge on any atom is 0.308 e. The molecule has 3 atom stereocenters. The highest BCUT2D eigenvalue weighted by Gasteiger charge is 2.23. The maximum absolute atomic E-state index is 13.1. The van der Waals surface area contributed by atoms with E-state index in [0.717, 1.165) is 5.56 Å². The van der Waals surface area contributed by atoms with Gasteiger partial charge in [-0.3, -0.25) is 9.59 Å². The second-order valence-electron chi connectivity index (χ2n) is 5.16. The summed E-state index contributed by atoms with van der Waals surface area (Å²) in [5, 5.41) is 11.6. The van der Waals surface area contributed by atoms with Gasteiger partial charge in [0.05, 0.1) is 5.92 Å². The van der Waals surface area contributed by atoms with Crippen LogP contribution in [0, 0.1) is 17.7 Å². The first kappa shape index (κ1) is 16.1. The molecule has 0 radical (unpaired) electrons. The van der Waals surface area contributed by atoms with Gasteiger partial charge in [0, 0.05) is 12.0 Å². The SMILES string of the molecule is CC(Cc1cccc(F)c1)C(=O)NC(C)C(C)C(=O)O. The largest absolute Gasteiger partial charge is 0.481 e. The molecule has 0 spiro atoms. The number of carboxylic acid groups (broad SMARTS) is 1. The Kier molecular flexibility index (Phi) is 5.67. The molecule has 0 fully saturated rings. The van der Waals surface area contributed by atoms with Gasteiger partial charge in [-0.15, -0.1) is 0 Å². The monoisotopic (exact) mass is 281 g/mol. The lowest BCUT2D eigenvalue weighted by atomic mass is 9.98. The van der Waals surface area contributed by atoms with Crippen molar-refractivity contribution in [3.05, 3.63) is 35.6 Å². The van der Waals surface area contributed by atoms with Gasteiger partial charge >= 0.3 is 5.97 Å². The number of carbonyl (C=O) groups excluding carboxylic acids is 1. The molecule has 0 aliphatic rings. The van der Waals surface area contributed by atoms with Crippen molar-refractivity contribution in [1.29, 1.82) is 0 Å². The molecule has 0 aliphatic carbocycles. The summed E-state index contributed by atoms with van der Waals surface area (Å²) in [6.45, 7) is 4.94. The number of nitrogens with one attached hydrogen (secondary N) is 1. The van der Waals surface area contributed by atoms with E-state index in [1.807, 2.05) is 0 Å². The van der Waals surface area contributed by atoms with Crippen molar-refractivity contribution >= 4 is 11.9 Å². The average molecular weight is 281 g/mol. The van der Waals surface area contributed by atoms with Gasteiger partial charge in [-0.25, -0.2) is 4.39 Å². The number of hydrogen-bond acceptors (Lipinski definition) is 2. The minimum absolute atomic E-state index is 0.227. The number of rotatable bonds is 6. The van der Waals surface area contributed by atoms with E-state index in [4.69, 9.17) is 5.11 Å². The normalized spacial score (nSPS) is 15.2. The zero-order valence-corrected chi connectivity index (χ0v) is 11.9. The molecule has 20 heavy (non-hydrogen) atoms. The highest BCUT2D eigenvalue weighted by atomic mass is 19.1. The Morgan fingerprint density at radius 3 is 2.50 bits per heavy atom. The molecule has 3 unspecified atom stereocenters. The second kappa shape index (κ2) is 7.03. The van der Waals surface area contributed by atoms with E-state index in [1.165, 1.54) is 12.1 Å². The van der Waals surface area contributed by atoms with E-state index in [-0.39, 0.29) is 17.6 Å². The molecule has 1 aromatic rings. The Balaban J connectivity index is 2.57. The van der Waals surface area contributed by atoms with Gasteiger partial charge in [0.1, 0.15) is 5.82 Å². The summed E-state index contributed by atoms with van der Waals surface area (Å²) in [6, 6.07) is 5.66. The Morgan fingerprint density at radius 2 is 1.95 bits per heavy atom. The third kappa shape index (κ3) is 4.64. The lowest BCUT2D eigenvalue weighted by Crippen LogP contribution is -2.42. The average Bonchev–Trinajstić information content (AvgIpc) is 2.37. The molecule has 1 aromatic carbocycles. The zero-order chi connectivity index (χ0) is 15.3. The van der Waals surface area contributed by atoms with Crippen molar-refractivity contribution in [3.8, 4) is 0 Å². The van der Waals surface area contributed by atoms with Crippen LogP contribution >= 0.6 is 0 Å². The van der Waals surface area contributed by atoms with Gasteiger partial charge in [0.25, 0.3) is 0 Å². The number of aliphatic carboxylic acids is 1. The van der Waals surface area contributed by atoms with E-state index >= 15 is 0 Å². The summed E-state index contributed by atoms with van der Waals surface area (Å²) in [4.78, 5) is 22.8. The fourth-order valence-corrected chi connectivity index (χ4v) is 1.82. The van der Waals surface area contributed by atoms with Crippen LogP contribution in [0.15, 0.2) is 24.3 Å². The van der Waals surface area contributed by atoms with E-state index < -0.39 is 17.9 Å². The smallest absolute Gasteiger partial charge is 0.308 e. The lowest BCUT2D eigenvalue weighted by molar-refractivity contribution is -0.142. The highest BCUT2D eigenvalue weighted by Crippen LogP contribution is 2.11. The first-order valence-electron chi connectivity index (χ1n) is 6.59. The minimum Gasteiger partial charge on any atom is -0.481 e. The molecule has 0 bridgehead atoms. The van der Waals surface area contributed by atoms with Crippen LogP contribution in [-0.4, -0.2) is 23.0 Å². The van der Waals surface area contributed by atoms with Crippen molar-refractivity contribution in [2.75, 3.05) is 0 Å².